The van der Waals surface area contributed by atoms with E-state index in [0.29, 0.717) is 10.4 Å². The molecule has 15 heavy (non-hydrogen) atoms. The summed E-state index contributed by atoms with van der Waals surface area (Å²) in [4.78, 5) is 0. The minimum Gasteiger partial charge on any atom is -0.412 e. The Kier molecular flexibility index (Phi) is 6.45. The Labute approximate surface area is 104 Å². The summed E-state index contributed by atoms with van der Waals surface area (Å²) in [6, 6.07) is 1.39. The average Bonchev–Trinajstić information content (AvgIpc) is 2.78. The minimum absolute atomic E-state index is 0.530. The van der Waals surface area contributed by atoms with E-state index in [9.17, 15) is 0 Å². The Morgan fingerprint density at radius 3 is 1.87 bits per heavy atom. The predicted octanol–water partition coefficient (Wildman–Crippen LogP) is 1.52. The highest BCUT2D eigenvalue weighted by molar-refractivity contribution is 8.00. The van der Waals surface area contributed by atoms with Crippen LogP contribution in [0.3, 0.4) is 0 Å². The molecule has 0 aliphatic heterocycles. The van der Waals surface area contributed by atoms with Crippen molar-refractivity contribution in [3.05, 3.63) is 0 Å². The number of thiocarbonyl (C=S) groups is 1. The van der Waals surface area contributed by atoms with Gasteiger partial charge in [-0.15, -0.1) is 0 Å². The molecule has 2 aliphatic carbocycles. The molecule has 2 aliphatic rings. The molecule has 0 spiro atoms. The Balaban J connectivity index is 0.000000162. The largest absolute Gasteiger partial charge is 0.412 e. The van der Waals surface area contributed by atoms with Crippen molar-refractivity contribution >= 4 is 29.2 Å². The fourth-order valence-corrected chi connectivity index (χ4v) is 2.58. The molecule has 0 atom stereocenters. The molecule has 0 aromatic heterocycles. The van der Waals surface area contributed by atoms with Crippen LogP contribution >= 0.6 is 12.2 Å². The van der Waals surface area contributed by atoms with E-state index in [-0.39, 0.29) is 0 Å². The van der Waals surface area contributed by atoms with Crippen LogP contribution in [0, 0.1) is 0 Å². The molecule has 0 bridgehead atoms. The SMILES string of the molecule is S=C([S-])NC1CCCC1.[NH3+]C1CCCC1. The maximum Gasteiger partial charge on any atom is 0.0843 e. The Bertz CT molecular complexity index is 185. The van der Waals surface area contributed by atoms with Gasteiger partial charge in [-0.1, -0.05) is 17.2 Å². The highest BCUT2D eigenvalue weighted by atomic mass is 32.1. The van der Waals surface area contributed by atoms with Gasteiger partial charge in [0.05, 0.1) is 6.04 Å². The third kappa shape index (κ3) is 6.28. The van der Waals surface area contributed by atoms with E-state index in [1.807, 2.05) is 0 Å². The second-order valence-electron chi connectivity index (χ2n) is 4.56. The lowest BCUT2D eigenvalue weighted by Gasteiger charge is -2.15. The second-order valence-corrected chi connectivity index (χ2v) is 5.64. The maximum atomic E-state index is 4.74. The predicted molar refractivity (Wildman–Crippen MR) is 70.5 cm³/mol. The number of quaternary nitrogens is 1. The van der Waals surface area contributed by atoms with E-state index < -0.39 is 0 Å². The minimum atomic E-state index is 0.530. The summed E-state index contributed by atoms with van der Waals surface area (Å²) in [6.07, 6.45) is 10.8. The molecule has 0 heterocycles. The van der Waals surface area contributed by atoms with Crippen molar-refractivity contribution in [2.45, 2.75) is 63.5 Å². The summed E-state index contributed by atoms with van der Waals surface area (Å²) in [5, 5.41) is 3.09. The lowest BCUT2D eigenvalue weighted by molar-refractivity contribution is -0.417. The summed E-state index contributed by atoms with van der Waals surface area (Å²) in [5.41, 5.74) is 3.94. The molecular formula is C11H22N2S2. The van der Waals surface area contributed by atoms with Crippen molar-refractivity contribution in [2.24, 2.45) is 0 Å². The lowest BCUT2D eigenvalue weighted by Crippen LogP contribution is -2.59. The summed E-state index contributed by atoms with van der Waals surface area (Å²) < 4.78 is 0.530. The zero-order chi connectivity index (χ0) is 11.1. The number of rotatable bonds is 1. The maximum absolute atomic E-state index is 4.74. The van der Waals surface area contributed by atoms with Crippen LogP contribution in [0.15, 0.2) is 0 Å². The van der Waals surface area contributed by atoms with Crippen LogP contribution in [-0.2, 0) is 12.6 Å². The van der Waals surface area contributed by atoms with Gasteiger partial charge in [-0.05, 0) is 38.5 Å². The van der Waals surface area contributed by atoms with Crippen molar-refractivity contribution in [3.63, 3.8) is 0 Å². The van der Waals surface area contributed by atoms with E-state index in [4.69, 9.17) is 24.8 Å². The number of nitrogens with one attached hydrogen (secondary N) is 1. The van der Waals surface area contributed by atoms with Crippen molar-refractivity contribution in [2.75, 3.05) is 0 Å². The Morgan fingerprint density at radius 2 is 1.53 bits per heavy atom. The van der Waals surface area contributed by atoms with Gasteiger partial charge in [-0.25, -0.2) is 0 Å². The molecule has 2 nitrogen and oxygen atoms in total. The zero-order valence-electron chi connectivity index (χ0n) is 9.34. The molecular weight excluding hydrogens is 224 g/mol. The molecule has 0 saturated heterocycles. The standard InChI is InChI=1S/C6H11NS2.C5H11N/c8-6(9)7-5-3-1-2-4-5;6-5-3-1-2-4-5/h5H,1-4H2,(H2,7,8,9);5H,1-4,6H2. The van der Waals surface area contributed by atoms with Gasteiger partial charge in [0, 0.05) is 6.04 Å². The molecule has 0 amide bonds. The monoisotopic (exact) mass is 246 g/mol. The molecule has 4 heteroatoms. The summed E-state index contributed by atoms with van der Waals surface area (Å²) in [7, 11) is 0. The first-order valence-corrected chi connectivity index (χ1v) is 6.80. The zero-order valence-corrected chi connectivity index (χ0v) is 11.0. The number of hydrogen-bond acceptors (Lipinski definition) is 2. The van der Waals surface area contributed by atoms with Gasteiger partial charge in [0.15, 0.2) is 0 Å². The van der Waals surface area contributed by atoms with Gasteiger partial charge in [0.2, 0.25) is 0 Å². The normalized spacial score (nSPS) is 22.2. The Hall–Kier alpha value is 0.0700. The van der Waals surface area contributed by atoms with Crippen LogP contribution < -0.4 is 11.1 Å². The first-order chi connectivity index (χ1) is 7.18. The molecule has 0 unspecified atom stereocenters. The Morgan fingerprint density at radius 1 is 1.07 bits per heavy atom. The second kappa shape index (κ2) is 7.36. The van der Waals surface area contributed by atoms with Crippen LogP contribution in [-0.4, -0.2) is 16.4 Å². The highest BCUT2D eigenvalue weighted by Gasteiger charge is 2.12. The summed E-state index contributed by atoms with van der Waals surface area (Å²) >= 11 is 9.47. The van der Waals surface area contributed by atoms with E-state index in [2.05, 4.69) is 11.1 Å². The molecule has 0 aromatic rings. The molecule has 2 saturated carbocycles. The van der Waals surface area contributed by atoms with Crippen LogP contribution in [0.2, 0.25) is 0 Å². The third-order valence-electron chi connectivity index (χ3n) is 3.15. The van der Waals surface area contributed by atoms with Crippen LogP contribution in [0.25, 0.3) is 0 Å². The average molecular weight is 246 g/mol. The van der Waals surface area contributed by atoms with Crippen molar-refractivity contribution < 1.29 is 5.73 Å². The van der Waals surface area contributed by atoms with Gasteiger partial charge < -0.3 is 35.9 Å². The quantitative estimate of drug-likeness (QED) is 0.544. The fourth-order valence-electron chi connectivity index (χ4n) is 2.25. The molecule has 4 N–H and O–H groups in total. The van der Waals surface area contributed by atoms with Crippen molar-refractivity contribution in [3.8, 4) is 0 Å². The third-order valence-corrected chi connectivity index (χ3v) is 3.39. The molecule has 2 fully saturated rings. The number of hydrogen-bond donors (Lipinski definition) is 2. The summed E-state index contributed by atoms with van der Waals surface area (Å²) in [5.74, 6) is 0. The van der Waals surface area contributed by atoms with E-state index in [1.165, 1.54) is 51.4 Å². The van der Waals surface area contributed by atoms with Gasteiger partial charge in [-0.3, -0.25) is 0 Å². The van der Waals surface area contributed by atoms with E-state index in [0.717, 1.165) is 6.04 Å². The summed E-state index contributed by atoms with van der Waals surface area (Å²) in [6.45, 7) is 0. The molecule has 0 aromatic carbocycles. The van der Waals surface area contributed by atoms with Crippen LogP contribution in [0.1, 0.15) is 51.4 Å². The first kappa shape index (κ1) is 13.1. The van der Waals surface area contributed by atoms with Crippen LogP contribution in [0.5, 0.6) is 0 Å². The lowest BCUT2D eigenvalue weighted by atomic mass is 10.3. The van der Waals surface area contributed by atoms with E-state index >= 15 is 0 Å². The van der Waals surface area contributed by atoms with Crippen molar-refractivity contribution in [1.29, 1.82) is 0 Å². The van der Waals surface area contributed by atoms with Gasteiger partial charge in [0.25, 0.3) is 0 Å². The molecule has 0 radical (unpaired) electrons. The van der Waals surface area contributed by atoms with E-state index in [1.54, 1.807) is 0 Å². The first-order valence-electron chi connectivity index (χ1n) is 5.99. The topological polar surface area (TPSA) is 39.7 Å². The van der Waals surface area contributed by atoms with Crippen molar-refractivity contribution in [1.82, 2.24) is 5.32 Å². The van der Waals surface area contributed by atoms with Gasteiger partial charge in [-0.2, -0.15) is 0 Å². The van der Waals surface area contributed by atoms with Gasteiger partial charge in [0.1, 0.15) is 0 Å². The van der Waals surface area contributed by atoms with Crippen LogP contribution in [0.4, 0.5) is 0 Å². The molecule has 88 valence electrons. The smallest absolute Gasteiger partial charge is 0.0843 e. The highest BCUT2D eigenvalue weighted by Crippen LogP contribution is 2.17. The van der Waals surface area contributed by atoms with Gasteiger partial charge >= 0.3 is 0 Å². The fraction of sp³-hybridized carbons (Fsp3) is 0.909. The molecule has 2 rings (SSSR count).